The molecule has 0 aromatic heterocycles. The minimum absolute atomic E-state index is 0.250. The molecule has 8 nitrogen and oxygen atoms in total. The van der Waals surface area contributed by atoms with Crippen LogP contribution in [0.3, 0.4) is 0 Å². The molecule has 1 aromatic rings. The summed E-state index contributed by atoms with van der Waals surface area (Å²) in [6.45, 7) is 10.6. The summed E-state index contributed by atoms with van der Waals surface area (Å²) in [6, 6.07) is 3.83. The average molecular weight is 494 g/mol. The van der Waals surface area contributed by atoms with Gasteiger partial charge in [-0.1, -0.05) is 0 Å². The molecule has 0 heterocycles. The highest BCUT2D eigenvalue weighted by molar-refractivity contribution is 5.85. The average Bonchev–Trinajstić information content (AvgIpc) is 2.82. The molecule has 8 heteroatoms. The third-order valence-corrected chi connectivity index (χ3v) is 5.54. The van der Waals surface area contributed by atoms with Gasteiger partial charge in [0.1, 0.15) is 11.5 Å². The van der Waals surface area contributed by atoms with E-state index in [0.717, 1.165) is 76.4 Å². The second-order valence-corrected chi connectivity index (χ2v) is 8.35. The molecule has 35 heavy (non-hydrogen) atoms. The van der Waals surface area contributed by atoms with Crippen molar-refractivity contribution < 1.29 is 33.3 Å². The van der Waals surface area contributed by atoms with Crippen molar-refractivity contribution in [1.29, 1.82) is 0 Å². The first kappa shape index (κ1) is 30.3. The summed E-state index contributed by atoms with van der Waals surface area (Å²) in [5.74, 6) is 0.585. The molecular formula is C27H43NO7. The van der Waals surface area contributed by atoms with Crippen LogP contribution in [0.2, 0.25) is 0 Å². The summed E-state index contributed by atoms with van der Waals surface area (Å²) in [4.78, 5) is 35.7. The van der Waals surface area contributed by atoms with E-state index in [-0.39, 0.29) is 11.9 Å². The lowest BCUT2D eigenvalue weighted by Gasteiger charge is -2.24. The van der Waals surface area contributed by atoms with Crippen LogP contribution in [0.15, 0.2) is 12.1 Å². The molecule has 198 valence electrons. The van der Waals surface area contributed by atoms with E-state index in [1.54, 1.807) is 0 Å². The molecule has 0 saturated carbocycles. The maximum Gasteiger partial charge on any atom is 0.302 e. The van der Waals surface area contributed by atoms with Crippen LogP contribution >= 0.6 is 0 Å². The minimum Gasteiger partial charge on any atom is -0.493 e. The number of rotatable bonds is 20. The van der Waals surface area contributed by atoms with E-state index in [2.05, 4.69) is 18.7 Å². The van der Waals surface area contributed by atoms with E-state index >= 15 is 0 Å². The Morgan fingerprint density at radius 2 is 1.11 bits per heavy atom. The zero-order valence-electron chi connectivity index (χ0n) is 21.9. The predicted molar refractivity (Wildman–Crippen MR) is 137 cm³/mol. The highest BCUT2D eigenvalue weighted by Gasteiger charge is 2.16. The molecule has 0 spiro atoms. The number of hydrogen-bond acceptors (Lipinski definition) is 8. The van der Waals surface area contributed by atoms with Crippen molar-refractivity contribution in [2.75, 3.05) is 44.4 Å². The number of hydrogen-bond donors (Lipinski definition) is 0. The third-order valence-electron chi connectivity index (χ3n) is 5.54. The van der Waals surface area contributed by atoms with Crippen LogP contribution in [-0.4, -0.2) is 57.7 Å². The number of carbonyl (C=O) groups is 3. The van der Waals surface area contributed by atoms with Crippen LogP contribution in [0, 0.1) is 0 Å². The van der Waals surface area contributed by atoms with E-state index in [4.69, 9.17) is 18.9 Å². The van der Waals surface area contributed by atoms with Gasteiger partial charge in [0.15, 0.2) is 6.29 Å². The molecule has 0 N–H and O–H groups in total. The molecule has 0 aliphatic rings. The van der Waals surface area contributed by atoms with Crippen molar-refractivity contribution in [1.82, 2.24) is 0 Å². The standard InChI is InChI=1S/C27H43NO7/c1-5-28(6-2)24-19-26(34-17-13-9-7-11-15-32-22(3)30)25(21-29)27(20-24)35-18-14-10-8-12-16-33-23(4)31/h19-21H,5-18H2,1-4H3. The zero-order chi connectivity index (χ0) is 25.9. The molecular weight excluding hydrogens is 450 g/mol. The van der Waals surface area contributed by atoms with E-state index < -0.39 is 0 Å². The van der Waals surface area contributed by atoms with Crippen molar-refractivity contribution in [2.45, 2.75) is 79.1 Å². The van der Waals surface area contributed by atoms with E-state index in [1.165, 1.54) is 13.8 Å². The zero-order valence-corrected chi connectivity index (χ0v) is 21.9. The Morgan fingerprint density at radius 1 is 0.714 bits per heavy atom. The summed E-state index contributed by atoms with van der Waals surface area (Å²) in [5, 5.41) is 0. The Balaban J connectivity index is 2.65. The van der Waals surface area contributed by atoms with Crippen molar-refractivity contribution in [3.8, 4) is 11.5 Å². The highest BCUT2D eigenvalue weighted by atomic mass is 16.5. The van der Waals surface area contributed by atoms with Gasteiger partial charge in [0, 0.05) is 44.8 Å². The first-order valence-corrected chi connectivity index (χ1v) is 12.8. The van der Waals surface area contributed by atoms with Crippen molar-refractivity contribution in [3.63, 3.8) is 0 Å². The first-order valence-electron chi connectivity index (χ1n) is 12.8. The van der Waals surface area contributed by atoms with E-state index in [9.17, 15) is 14.4 Å². The van der Waals surface area contributed by atoms with Gasteiger partial charge in [-0.15, -0.1) is 0 Å². The van der Waals surface area contributed by atoms with E-state index in [0.29, 0.717) is 43.5 Å². The van der Waals surface area contributed by atoms with Crippen LogP contribution < -0.4 is 14.4 Å². The lowest BCUT2D eigenvalue weighted by Crippen LogP contribution is -2.22. The topological polar surface area (TPSA) is 91.4 Å². The Hall–Kier alpha value is -2.77. The number of carbonyl (C=O) groups excluding carboxylic acids is 3. The Bertz CT molecular complexity index is 711. The molecule has 0 bridgehead atoms. The number of ether oxygens (including phenoxy) is 4. The first-order chi connectivity index (χ1) is 16.9. The molecule has 0 aliphatic heterocycles. The molecule has 0 unspecified atom stereocenters. The highest BCUT2D eigenvalue weighted by Crippen LogP contribution is 2.34. The van der Waals surface area contributed by atoms with Gasteiger partial charge in [0.25, 0.3) is 0 Å². The summed E-state index contributed by atoms with van der Waals surface area (Å²) in [6.07, 6.45) is 7.96. The Morgan fingerprint density at radius 3 is 1.46 bits per heavy atom. The summed E-state index contributed by atoms with van der Waals surface area (Å²) in [5.41, 5.74) is 1.40. The number of esters is 2. The summed E-state index contributed by atoms with van der Waals surface area (Å²) < 4.78 is 21.9. The number of anilines is 1. The molecule has 0 saturated heterocycles. The predicted octanol–water partition coefficient (Wildman–Crippen LogP) is 5.35. The number of aldehydes is 1. The van der Waals surface area contributed by atoms with Crippen LogP contribution in [0.1, 0.15) is 89.4 Å². The second kappa shape index (κ2) is 18.5. The van der Waals surface area contributed by atoms with Gasteiger partial charge in [-0.3, -0.25) is 14.4 Å². The molecule has 0 aliphatic carbocycles. The number of nitrogens with zero attached hydrogens (tertiary/aromatic N) is 1. The van der Waals surface area contributed by atoms with Gasteiger partial charge >= 0.3 is 11.9 Å². The van der Waals surface area contributed by atoms with Gasteiger partial charge in [-0.2, -0.15) is 0 Å². The Labute approximate surface area is 210 Å². The molecule has 0 atom stereocenters. The molecule has 1 aromatic carbocycles. The lowest BCUT2D eigenvalue weighted by atomic mass is 10.1. The van der Waals surface area contributed by atoms with Gasteiger partial charge in [0.05, 0.1) is 32.0 Å². The lowest BCUT2D eigenvalue weighted by molar-refractivity contribution is -0.142. The van der Waals surface area contributed by atoms with Crippen molar-refractivity contribution in [3.05, 3.63) is 17.7 Å². The fourth-order valence-electron chi connectivity index (χ4n) is 3.62. The van der Waals surface area contributed by atoms with Gasteiger partial charge in [0.2, 0.25) is 0 Å². The smallest absolute Gasteiger partial charge is 0.302 e. The van der Waals surface area contributed by atoms with E-state index in [1.807, 2.05) is 12.1 Å². The third kappa shape index (κ3) is 13.0. The quantitative estimate of drug-likeness (QED) is 0.136. The van der Waals surface area contributed by atoms with Crippen molar-refractivity contribution in [2.24, 2.45) is 0 Å². The molecule has 1 rings (SSSR count). The SMILES string of the molecule is CCN(CC)c1cc(OCCCCCCOC(C)=O)c(C=O)c(OCCCCCCOC(C)=O)c1. The maximum atomic E-state index is 11.9. The normalized spacial score (nSPS) is 10.5. The Kier molecular flexibility index (Phi) is 16.0. The van der Waals surface area contributed by atoms with Crippen molar-refractivity contribution >= 4 is 23.9 Å². The molecule has 0 amide bonds. The van der Waals surface area contributed by atoms with Crippen LogP contribution in [0.25, 0.3) is 0 Å². The fourth-order valence-corrected chi connectivity index (χ4v) is 3.62. The summed E-state index contributed by atoms with van der Waals surface area (Å²) >= 11 is 0. The number of benzene rings is 1. The molecule has 0 fully saturated rings. The van der Waals surface area contributed by atoms with Crippen LogP contribution in [0.4, 0.5) is 5.69 Å². The minimum atomic E-state index is -0.250. The van der Waals surface area contributed by atoms with Gasteiger partial charge in [-0.05, 0) is 65.2 Å². The second-order valence-electron chi connectivity index (χ2n) is 8.35. The summed E-state index contributed by atoms with van der Waals surface area (Å²) in [7, 11) is 0. The fraction of sp³-hybridized carbons (Fsp3) is 0.667. The number of unbranched alkanes of at least 4 members (excludes halogenated alkanes) is 6. The monoisotopic (exact) mass is 493 g/mol. The van der Waals surface area contributed by atoms with Gasteiger partial charge < -0.3 is 23.8 Å². The largest absolute Gasteiger partial charge is 0.493 e. The van der Waals surface area contributed by atoms with Crippen LogP contribution in [0.5, 0.6) is 11.5 Å². The van der Waals surface area contributed by atoms with Crippen LogP contribution in [-0.2, 0) is 19.1 Å². The maximum absolute atomic E-state index is 11.9. The molecule has 0 radical (unpaired) electrons. The van der Waals surface area contributed by atoms with Gasteiger partial charge in [-0.25, -0.2) is 0 Å².